The highest BCUT2D eigenvalue weighted by Crippen LogP contribution is 2.19. The maximum absolute atomic E-state index is 5.81. The fourth-order valence-electron chi connectivity index (χ4n) is 1.95. The lowest BCUT2D eigenvalue weighted by molar-refractivity contribution is 0.309. The Morgan fingerprint density at radius 1 is 1.38 bits per heavy atom. The Kier molecular flexibility index (Phi) is 4.98. The lowest BCUT2D eigenvalue weighted by Crippen LogP contribution is -2.01. The van der Waals surface area contributed by atoms with Gasteiger partial charge in [-0.25, -0.2) is 9.66 Å². The van der Waals surface area contributed by atoms with Gasteiger partial charge in [-0.05, 0) is 32.4 Å². The molecule has 0 spiro atoms. The molecule has 1 aromatic carbocycles. The molecule has 2 rings (SSSR count). The summed E-state index contributed by atoms with van der Waals surface area (Å²) in [5.74, 6) is 1.22. The number of nitrogen functional groups attached to an aromatic ring is 1. The normalized spacial score (nSPS) is 11.2. The summed E-state index contributed by atoms with van der Waals surface area (Å²) in [7, 11) is 0. The third-order valence-electron chi connectivity index (χ3n) is 3.08. The topological polar surface area (TPSA) is 65.4 Å². The highest BCUT2D eigenvalue weighted by atomic mass is 16.5. The molecule has 21 heavy (non-hydrogen) atoms. The molecule has 0 saturated carbocycles. The Bertz CT molecular complexity index is 631. The number of benzene rings is 1. The van der Waals surface area contributed by atoms with E-state index in [4.69, 9.17) is 10.5 Å². The van der Waals surface area contributed by atoms with Crippen molar-refractivity contribution in [1.29, 1.82) is 0 Å². The average molecular weight is 286 g/mol. The number of anilines is 1. The van der Waals surface area contributed by atoms with Crippen molar-refractivity contribution in [2.75, 3.05) is 12.3 Å². The van der Waals surface area contributed by atoms with Crippen molar-refractivity contribution in [3.05, 3.63) is 41.2 Å². The Balaban J connectivity index is 2.21. The van der Waals surface area contributed by atoms with Gasteiger partial charge in [0.2, 0.25) is 5.95 Å². The molecule has 5 heteroatoms. The van der Waals surface area contributed by atoms with E-state index in [1.807, 2.05) is 32.0 Å². The SMILES string of the molecule is CCCCOc1ccc(C)cc1C=Nn1cc(C)nc1N. The van der Waals surface area contributed by atoms with Crippen LogP contribution in [0.25, 0.3) is 0 Å². The molecule has 5 nitrogen and oxygen atoms in total. The number of nitrogens with two attached hydrogens (primary N) is 1. The first-order chi connectivity index (χ1) is 10.1. The van der Waals surface area contributed by atoms with Gasteiger partial charge in [0.15, 0.2) is 0 Å². The highest BCUT2D eigenvalue weighted by Gasteiger charge is 2.03. The molecule has 0 radical (unpaired) electrons. The molecular formula is C16H22N4O. The number of hydrogen-bond donors (Lipinski definition) is 1. The van der Waals surface area contributed by atoms with E-state index in [0.717, 1.165) is 35.4 Å². The van der Waals surface area contributed by atoms with E-state index in [1.54, 1.807) is 17.1 Å². The number of rotatable bonds is 6. The molecule has 0 aliphatic heterocycles. The second kappa shape index (κ2) is 6.92. The van der Waals surface area contributed by atoms with E-state index in [0.29, 0.717) is 12.6 Å². The van der Waals surface area contributed by atoms with Crippen LogP contribution in [0.1, 0.15) is 36.6 Å². The van der Waals surface area contributed by atoms with Crippen LogP contribution in [-0.2, 0) is 0 Å². The van der Waals surface area contributed by atoms with Crippen LogP contribution < -0.4 is 10.5 Å². The van der Waals surface area contributed by atoms with Gasteiger partial charge in [0, 0.05) is 5.56 Å². The van der Waals surface area contributed by atoms with Crippen LogP contribution in [0.2, 0.25) is 0 Å². The van der Waals surface area contributed by atoms with Crippen molar-refractivity contribution in [1.82, 2.24) is 9.66 Å². The van der Waals surface area contributed by atoms with Gasteiger partial charge in [0.25, 0.3) is 0 Å². The Morgan fingerprint density at radius 2 is 2.19 bits per heavy atom. The Hall–Kier alpha value is -2.30. The molecule has 0 amide bonds. The van der Waals surface area contributed by atoms with Gasteiger partial charge in [-0.15, -0.1) is 0 Å². The fraction of sp³-hybridized carbons (Fsp3) is 0.375. The zero-order chi connectivity index (χ0) is 15.2. The number of nitrogens with zero attached hydrogens (tertiary/aromatic N) is 3. The molecule has 0 saturated heterocycles. The van der Waals surface area contributed by atoms with Gasteiger partial charge in [-0.1, -0.05) is 25.0 Å². The minimum atomic E-state index is 0.379. The summed E-state index contributed by atoms with van der Waals surface area (Å²) in [5.41, 5.74) is 8.72. The molecule has 0 aliphatic rings. The van der Waals surface area contributed by atoms with E-state index in [1.165, 1.54) is 0 Å². The van der Waals surface area contributed by atoms with Crippen molar-refractivity contribution in [3.63, 3.8) is 0 Å². The second-order valence-corrected chi connectivity index (χ2v) is 5.07. The van der Waals surface area contributed by atoms with E-state index < -0.39 is 0 Å². The molecule has 1 heterocycles. The standard InChI is InChI=1S/C16H22N4O/c1-4-5-8-21-15-7-6-12(2)9-14(15)10-18-20-11-13(3)19-16(20)17/h6-7,9-11H,4-5,8H2,1-3H3,(H2,17,19). The molecule has 1 aromatic heterocycles. The lowest BCUT2D eigenvalue weighted by Gasteiger charge is -2.09. The molecule has 0 bridgehead atoms. The zero-order valence-corrected chi connectivity index (χ0v) is 12.8. The van der Waals surface area contributed by atoms with Gasteiger partial charge < -0.3 is 10.5 Å². The van der Waals surface area contributed by atoms with Crippen LogP contribution in [0.4, 0.5) is 5.95 Å². The zero-order valence-electron chi connectivity index (χ0n) is 12.8. The van der Waals surface area contributed by atoms with Gasteiger partial charge >= 0.3 is 0 Å². The first-order valence-electron chi connectivity index (χ1n) is 7.19. The monoisotopic (exact) mass is 286 g/mol. The van der Waals surface area contributed by atoms with Gasteiger partial charge in [-0.3, -0.25) is 0 Å². The number of unbranched alkanes of at least 4 members (excludes halogenated alkanes) is 1. The van der Waals surface area contributed by atoms with Crippen LogP contribution in [0, 0.1) is 13.8 Å². The predicted molar refractivity (Wildman–Crippen MR) is 86.0 cm³/mol. The Labute approximate surface area is 125 Å². The first-order valence-corrected chi connectivity index (χ1v) is 7.19. The predicted octanol–water partition coefficient (Wildman–Crippen LogP) is 3.14. The molecule has 112 valence electrons. The summed E-state index contributed by atoms with van der Waals surface area (Å²) in [6.07, 6.45) is 5.70. The van der Waals surface area contributed by atoms with E-state index in [9.17, 15) is 0 Å². The number of ether oxygens (including phenoxy) is 1. The summed E-state index contributed by atoms with van der Waals surface area (Å²) in [4.78, 5) is 4.12. The highest BCUT2D eigenvalue weighted by molar-refractivity contribution is 5.83. The fourth-order valence-corrected chi connectivity index (χ4v) is 1.95. The van der Waals surface area contributed by atoms with Crippen LogP contribution in [0.3, 0.4) is 0 Å². The van der Waals surface area contributed by atoms with Crippen LogP contribution in [0.15, 0.2) is 29.5 Å². The molecule has 0 unspecified atom stereocenters. The van der Waals surface area contributed by atoms with Gasteiger partial charge in [-0.2, -0.15) is 5.10 Å². The van der Waals surface area contributed by atoms with Crippen LogP contribution >= 0.6 is 0 Å². The minimum Gasteiger partial charge on any atom is -0.493 e. The van der Waals surface area contributed by atoms with Crippen molar-refractivity contribution >= 4 is 12.2 Å². The molecular weight excluding hydrogens is 264 g/mol. The molecule has 0 atom stereocenters. The minimum absolute atomic E-state index is 0.379. The van der Waals surface area contributed by atoms with Crippen molar-refractivity contribution in [3.8, 4) is 5.75 Å². The number of aromatic nitrogens is 2. The second-order valence-electron chi connectivity index (χ2n) is 5.07. The van der Waals surface area contributed by atoms with Crippen LogP contribution in [-0.4, -0.2) is 22.5 Å². The average Bonchev–Trinajstić information content (AvgIpc) is 2.77. The third kappa shape index (κ3) is 4.08. The van der Waals surface area contributed by atoms with Gasteiger partial charge in [0.05, 0.1) is 24.7 Å². The Morgan fingerprint density at radius 3 is 2.86 bits per heavy atom. The lowest BCUT2D eigenvalue weighted by atomic mass is 10.1. The van der Waals surface area contributed by atoms with Crippen molar-refractivity contribution < 1.29 is 4.74 Å². The molecule has 0 fully saturated rings. The van der Waals surface area contributed by atoms with E-state index in [-0.39, 0.29) is 0 Å². The molecule has 0 aliphatic carbocycles. The van der Waals surface area contributed by atoms with Gasteiger partial charge in [0.1, 0.15) is 5.75 Å². The third-order valence-corrected chi connectivity index (χ3v) is 3.08. The largest absolute Gasteiger partial charge is 0.493 e. The quantitative estimate of drug-likeness (QED) is 0.655. The number of imidazole rings is 1. The van der Waals surface area contributed by atoms with Crippen molar-refractivity contribution in [2.45, 2.75) is 33.6 Å². The summed E-state index contributed by atoms with van der Waals surface area (Å²) in [6.45, 7) is 6.79. The maximum Gasteiger partial charge on any atom is 0.221 e. The number of aryl methyl sites for hydroxylation is 2. The smallest absolute Gasteiger partial charge is 0.221 e. The van der Waals surface area contributed by atoms with E-state index >= 15 is 0 Å². The van der Waals surface area contributed by atoms with E-state index in [2.05, 4.69) is 17.0 Å². The summed E-state index contributed by atoms with van der Waals surface area (Å²) in [5, 5.41) is 4.35. The maximum atomic E-state index is 5.81. The summed E-state index contributed by atoms with van der Waals surface area (Å²) in [6, 6.07) is 6.06. The summed E-state index contributed by atoms with van der Waals surface area (Å²) >= 11 is 0. The van der Waals surface area contributed by atoms with Crippen molar-refractivity contribution in [2.24, 2.45) is 5.10 Å². The molecule has 2 aromatic rings. The number of hydrogen-bond acceptors (Lipinski definition) is 4. The summed E-state index contributed by atoms with van der Waals surface area (Å²) < 4.78 is 7.37. The molecule has 2 N–H and O–H groups in total. The van der Waals surface area contributed by atoms with Crippen LogP contribution in [0.5, 0.6) is 5.75 Å². The first kappa shape index (κ1) is 15.1.